The van der Waals surface area contributed by atoms with Crippen molar-refractivity contribution in [3.05, 3.63) is 47.5 Å². The maximum Gasteiger partial charge on any atom is 0.233 e. The zero-order valence-electron chi connectivity index (χ0n) is 15.8. The predicted octanol–water partition coefficient (Wildman–Crippen LogP) is 3.07. The molecule has 0 spiro atoms. The number of piperidine rings is 1. The number of thiazole rings is 1. The van der Waals surface area contributed by atoms with Crippen molar-refractivity contribution in [3.8, 4) is 0 Å². The predicted molar refractivity (Wildman–Crippen MR) is 108 cm³/mol. The van der Waals surface area contributed by atoms with Gasteiger partial charge in [-0.1, -0.05) is 30.3 Å². The molecule has 1 N–H and O–H groups in total. The minimum absolute atomic E-state index is 0.00545. The highest BCUT2D eigenvalue weighted by Crippen LogP contribution is 2.37. The largest absolute Gasteiger partial charge is 0.381 e. The summed E-state index contributed by atoms with van der Waals surface area (Å²) < 4.78 is 5.55. The van der Waals surface area contributed by atoms with Gasteiger partial charge in [-0.25, -0.2) is 4.98 Å². The number of carbonyl (C=O) groups is 2. The first-order valence-electron chi connectivity index (χ1n) is 9.82. The van der Waals surface area contributed by atoms with Gasteiger partial charge in [0.05, 0.1) is 5.41 Å². The summed E-state index contributed by atoms with van der Waals surface area (Å²) in [5.74, 6) is 0.113. The molecule has 0 atom stereocenters. The number of amides is 2. The third-order valence-electron chi connectivity index (χ3n) is 5.90. The van der Waals surface area contributed by atoms with E-state index in [4.69, 9.17) is 4.74 Å². The van der Waals surface area contributed by atoms with Gasteiger partial charge in [-0.2, -0.15) is 0 Å². The van der Waals surface area contributed by atoms with Crippen molar-refractivity contribution in [2.45, 2.75) is 31.1 Å². The fourth-order valence-electron chi connectivity index (χ4n) is 4.24. The first kappa shape index (κ1) is 19.1. The molecule has 4 rings (SSSR count). The minimum Gasteiger partial charge on any atom is -0.381 e. The molecule has 1 aromatic heterocycles. The van der Waals surface area contributed by atoms with Crippen LogP contribution in [0.4, 0.5) is 5.13 Å². The van der Waals surface area contributed by atoms with Gasteiger partial charge in [0.1, 0.15) is 0 Å². The second kappa shape index (κ2) is 8.41. The lowest BCUT2D eigenvalue weighted by Crippen LogP contribution is -2.52. The number of ether oxygens (including phenoxy) is 1. The van der Waals surface area contributed by atoms with Crippen LogP contribution in [-0.4, -0.2) is 48.0 Å². The van der Waals surface area contributed by atoms with Crippen molar-refractivity contribution < 1.29 is 14.3 Å². The fourth-order valence-corrected chi connectivity index (χ4v) is 4.77. The average Bonchev–Trinajstić information content (AvgIpc) is 3.27. The molecular weight excluding hydrogens is 374 g/mol. The lowest BCUT2D eigenvalue weighted by atomic mass is 9.72. The molecule has 1 aromatic carbocycles. The van der Waals surface area contributed by atoms with E-state index in [1.807, 2.05) is 28.5 Å². The number of carbonyl (C=O) groups excluding carboxylic acids is 2. The zero-order chi connectivity index (χ0) is 19.4. The van der Waals surface area contributed by atoms with Crippen LogP contribution in [0.5, 0.6) is 0 Å². The van der Waals surface area contributed by atoms with Gasteiger partial charge in [-0.15, -0.1) is 11.3 Å². The molecule has 2 fully saturated rings. The third-order valence-corrected chi connectivity index (χ3v) is 6.59. The summed E-state index contributed by atoms with van der Waals surface area (Å²) in [4.78, 5) is 32.1. The molecule has 2 aliphatic rings. The number of nitrogens with one attached hydrogen (secondary N) is 1. The van der Waals surface area contributed by atoms with Gasteiger partial charge in [0, 0.05) is 43.8 Å². The van der Waals surface area contributed by atoms with Gasteiger partial charge in [0.2, 0.25) is 11.8 Å². The molecule has 28 heavy (non-hydrogen) atoms. The Hall–Kier alpha value is -2.25. The Balaban J connectivity index is 1.43. The highest BCUT2D eigenvalue weighted by molar-refractivity contribution is 7.13. The SMILES string of the molecule is O=C(Nc1nccs1)C1CCN(C(=O)C2(c3ccccc3)CCOCC2)CC1. The van der Waals surface area contributed by atoms with Gasteiger partial charge in [0.25, 0.3) is 0 Å². The summed E-state index contributed by atoms with van der Waals surface area (Å²) in [6, 6.07) is 10.1. The van der Waals surface area contributed by atoms with Crippen LogP contribution in [0.2, 0.25) is 0 Å². The summed E-state index contributed by atoms with van der Waals surface area (Å²) in [7, 11) is 0. The second-order valence-electron chi connectivity index (χ2n) is 7.45. The molecule has 2 aliphatic heterocycles. The molecule has 2 saturated heterocycles. The Morgan fingerprint density at radius 3 is 2.50 bits per heavy atom. The van der Waals surface area contributed by atoms with Crippen molar-refractivity contribution in [1.82, 2.24) is 9.88 Å². The molecule has 0 radical (unpaired) electrons. The smallest absolute Gasteiger partial charge is 0.233 e. The summed E-state index contributed by atoms with van der Waals surface area (Å²) in [5.41, 5.74) is 0.571. The molecule has 0 bridgehead atoms. The van der Waals surface area contributed by atoms with Gasteiger partial charge in [-0.05, 0) is 31.2 Å². The molecule has 148 valence electrons. The molecular formula is C21H25N3O3S. The number of benzene rings is 1. The number of rotatable bonds is 4. The number of anilines is 1. The number of likely N-dealkylation sites (tertiary alicyclic amines) is 1. The van der Waals surface area contributed by atoms with E-state index in [9.17, 15) is 9.59 Å². The van der Waals surface area contributed by atoms with Crippen LogP contribution >= 0.6 is 11.3 Å². The Morgan fingerprint density at radius 1 is 1.14 bits per heavy atom. The lowest BCUT2D eigenvalue weighted by Gasteiger charge is -2.42. The lowest BCUT2D eigenvalue weighted by molar-refractivity contribution is -0.143. The fraction of sp³-hybridized carbons (Fsp3) is 0.476. The quantitative estimate of drug-likeness (QED) is 0.858. The van der Waals surface area contributed by atoms with E-state index >= 15 is 0 Å². The number of nitrogens with zero attached hydrogens (tertiary/aromatic N) is 2. The molecule has 2 aromatic rings. The molecule has 7 heteroatoms. The van der Waals surface area contributed by atoms with Crippen LogP contribution < -0.4 is 5.32 Å². The monoisotopic (exact) mass is 399 g/mol. The first-order chi connectivity index (χ1) is 13.7. The van der Waals surface area contributed by atoms with E-state index in [0.717, 1.165) is 5.56 Å². The minimum atomic E-state index is -0.504. The first-order valence-corrected chi connectivity index (χ1v) is 10.7. The average molecular weight is 400 g/mol. The molecule has 0 unspecified atom stereocenters. The van der Waals surface area contributed by atoms with E-state index in [1.165, 1.54) is 11.3 Å². The molecule has 0 saturated carbocycles. The summed E-state index contributed by atoms with van der Waals surface area (Å²) in [6.45, 7) is 2.44. The highest BCUT2D eigenvalue weighted by atomic mass is 32.1. The standard InChI is InChI=1S/C21H25N3O3S/c25-18(23-20-22-10-15-28-20)16-6-11-24(12-7-16)19(26)21(8-13-27-14-9-21)17-4-2-1-3-5-17/h1-5,10,15-16H,6-9,11-14H2,(H,22,23,25). The Labute approximate surface area is 168 Å². The van der Waals surface area contributed by atoms with E-state index in [0.29, 0.717) is 57.1 Å². The second-order valence-corrected chi connectivity index (χ2v) is 8.35. The Morgan fingerprint density at radius 2 is 1.86 bits per heavy atom. The highest BCUT2D eigenvalue weighted by Gasteiger charge is 2.44. The third kappa shape index (κ3) is 3.82. The normalized spacial score (nSPS) is 19.9. The van der Waals surface area contributed by atoms with Crippen molar-refractivity contribution in [2.75, 3.05) is 31.6 Å². The van der Waals surface area contributed by atoms with E-state index in [2.05, 4.69) is 22.4 Å². The van der Waals surface area contributed by atoms with Gasteiger partial charge in [-0.3, -0.25) is 9.59 Å². The van der Waals surface area contributed by atoms with Crippen molar-refractivity contribution in [1.29, 1.82) is 0 Å². The maximum atomic E-state index is 13.6. The molecule has 2 amide bonds. The number of hydrogen-bond donors (Lipinski definition) is 1. The van der Waals surface area contributed by atoms with Crippen LogP contribution in [0, 0.1) is 5.92 Å². The van der Waals surface area contributed by atoms with Crippen LogP contribution in [0.1, 0.15) is 31.2 Å². The van der Waals surface area contributed by atoms with Gasteiger partial charge >= 0.3 is 0 Å². The topological polar surface area (TPSA) is 71.5 Å². The molecule has 6 nitrogen and oxygen atoms in total. The van der Waals surface area contributed by atoms with Crippen LogP contribution in [0.3, 0.4) is 0 Å². The summed E-state index contributed by atoms with van der Waals surface area (Å²) in [5, 5.41) is 5.36. The van der Waals surface area contributed by atoms with E-state index < -0.39 is 5.41 Å². The van der Waals surface area contributed by atoms with Crippen molar-refractivity contribution >= 4 is 28.3 Å². The number of hydrogen-bond acceptors (Lipinski definition) is 5. The van der Waals surface area contributed by atoms with Crippen molar-refractivity contribution in [2.24, 2.45) is 5.92 Å². The Kier molecular flexibility index (Phi) is 5.73. The molecule has 3 heterocycles. The zero-order valence-corrected chi connectivity index (χ0v) is 16.6. The maximum absolute atomic E-state index is 13.6. The van der Waals surface area contributed by atoms with Gasteiger partial charge in [0.15, 0.2) is 5.13 Å². The molecule has 0 aliphatic carbocycles. The van der Waals surface area contributed by atoms with E-state index in [-0.39, 0.29) is 17.7 Å². The Bertz CT molecular complexity index is 796. The van der Waals surface area contributed by atoms with E-state index in [1.54, 1.807) is 6.20 Å². The number of aromatic nitrogens is 1. The van der Waals surface area contributed by atoms with Crippen molar-refractivity contribution in [3.63, 3.8) is 0 Å². The van der Waals surface area contributed by atoms with Gasteiger partial charge < -0.3 is 15.0 Å². The summed E-state index contributed by atoms with van der Waals surface area (Å²) in [6.07, 6.45) is 4.47. The van der Waals surface area contributed by atoms with Crippen LogP contribution in [-0.2, 0) is 19.7 Å². The van der Waals surface area contributed by atoms with Crippen LogP contribution in [0.15, 0.2) is 41.9 Å². The summed E-state index contributed by atoms with van der Waals surface area (Å²) >= 11 is 1.42. The van der Waals surface area contributed by atoms with Crippen LogP contribution in [0.25, 0.3) is 0 Å².